The van der Waals surface area contributed by atoms with Gasteiger partial charge in [0.25, 0.3) is 0 Å². The summed E-state index contributed by atoms with van der Waals surface area (Å²) in [7, 11) is 0. The number of hydrogen-bond donors (Lipinski definition) is 0. The van der Waals surface area contributed by atoms with Crippen LogP contribution in [0, 0.1) is 5.92 Å². The van der Waals surface area contributed by atoms with Crippen molar-refractivity contribution < 1.29 is 0 Å². The van der Waals surface area contributed by atoms with Crippen LogP contribution in [-0.4, -0.2) is 4.83 Å². The van der Waals surface area contributed by atoms with Crippen molar-refractivity contribution in [3.05, 3.63) is 35.4 Å². The van der Waals surface area contributed by atoms with E-state index in [2.05, 4.69) is 67.9 Å². The molecule has 0 aliphatic carbocycles. The van der Waals surface area contributed by atoms with Crippen LogP contribution in [0.25, 0.3) is 0 Å². The second-order valence-corrected chi connectivity index (χ2v) is 6.23. The number of hydrogen-bond acceptors (Lipinski definition) is 0. The van der Waals surface area contributed by atoms with Gasteiger partial charge in [-0.05, 0) is 35.8 Å². The second-order valence-electron chi connectivity index (χ2n) is 5.05. The zero-order valence-electron chi connectivity index (χ0n) is 10.8. The predicted molar refractivity (Wildman–Crippen MR) is 76.4 cm³/mol. The van der Waals surface area contributed by atoms with Crippen molar-refractivity contribution in [1.82, 2.24) is 0 Å². The summed E-state index contributed by atoms with van der Waals surface area (Å²) in [6.07, 6.45) is 2.36. The van der Waals surface area contributed by atoms with Gasteiger partial charge in [0.2, 0.25) is 0 Å². The van der Waals surface area contributed by atoms with Gasteiger partial charge in [0.15, 0.2) is 0 Å². The summed E-state index contributed by atoms with van der Waals surface area (Å²) in [5, 5.41) is 0. The lowest BCUT2D eigenvalue weighted by atomic mass is 9.94. The van der Waals surface area contributed by atoms with E-state index in [0.29, 0.717) is 10.7 Å². The number of benzene rings is 1. The minimum Gasteiger partial charge on any atom is -0.0884 e. The van der Waals surface area contributed by atoms with Crippen LogP contribution in [0.3, 0.4) is 0 Å². The van der Waals surface area contributed by atoms with Crippen LogP contribution in [0.4, 0.5) is 0 Å². The van der Waals surface area contributed by atoms with Crippen molar-refractivity contribution in [2.45, 2.75) is 51.3 Å². The summed E-state index contributed by atoms with van der Waals surface area (Å²) in [5.41, 5.74) is 2.89. The number of alkyl halides is 1. The lowest BCUT2D eigenvalue weighted by Crippen LogP contribution is -2.07. The molecule has 2 atom stereocenters. The standard InChI is InChI=1S/C15H23Br/c1-5-15(16)12(4)14-8-6-13(7-9-14)10-11(2)3/h6-9,11-12,15H,5,10H2,1-4H3. The predicted octanol–water partition coefficient (Wildman–Crippen LogP) is 5.16. The van der Waals surface area contributed by atoms with E-state index in [4.69, 9.17) is 0 Å². The maximum atomic E-state index is 3.74. The highest BCUT2D eigenvalue weighted by molar-refractivity contribution is 9.09. The van der Waals surface area contributed by atoms with Gasteiger partial charge >= 0.3 is 0 Å². The number of halogens is 1. The lowest BCUT2D eigenvalue weighted by molar-refractivity contribution is 0.646. The van der Waals surface area contributed by atoms with E-state index in [1.54, 1.807) is 0 Å². The van der Waals surface area contributed by atoms with Crippen molar-refractivity contribution in [2.75, 3.05) is 0 Å². The first-order valence-electron chi connectivity index (χ1n) is 6.27. The molecule has 0 fully saturated rings. The van der Waals surface area contributed by atoms with E-state index >= 15 is 0 Å². The molecule has 0 saturated heterocycles. The summed E-state index contributed by atoms with van der Waals surface area (Å²) >= 11 is 3.74. The monoisotopic (exact) mass is 282 g/mol. The molecule has 16 heavy (non-hydrogen) atoms. The molecule has 0 N–H and O–H groups in total. The Kier molecular flexibility index (Phi) is 5.54. The van der Waals surface area contributed by atoms with Crippen molar-refractivity contribution >= 4 is 15.9 Å². The molecule has 0 saturated carbocycles. The molecule has 0 aliphatic heterocycles. The van der Waals surface area contributed by atoms with Crippen LogP contribution >= 0.6 is 15.9 Å². The van der Waals surface area contributed by atoms with Gasteiger partial charge in [-0.2, -0.15) is 0 Å². The van der Waals surface area contributed by atoms with E-state index in [-0.39, 0.29) is 0 Å². The van der Waals surface area contributed by atoms with Gasteiger partial charge in [-0.25, -0.2) is 0 Å². The molecular formula is C15H23Br. The summed E-state index contributed by atoms with van der Waals surface area (Å²) in [6, 6.07) is 9.13. The second kappa shape index (κ2) is 6.44. The first kappa shape index (κ1) is 13.8. The fraction of sp³-hybridized carbons (Fsp3) is 0.600. The SMILES string of the molecule is CCC(Br)C(C)c1ccc(CC(C)C)cc1. The molecule has 0 amide bonds. The van der Waals surface area contributed by atoms with Gasteiger partial charge in [0.05, 0.1) is 0 Å². The number of rotatable bonds is 5. The van der Waals surface area contributed by atoms with Gasteiger partial charge in [-0.15, -0.1) is 0 Å². The van der Waals surface area contributed by atoms with Crippen LogP contribution in [0.2, 0.25) is 0 Å². The van der Waals surface area contributed by atoms with Crippen molar-refractivity contribution in [3.63, 3.8) is 0 Å². The first-order valence-corrected chi connectivity index (χ1v) is 7.19. The topological polar surface area (TPSA) is 0 Å². The average molecular weight is 283 g/mol. The Morgan fingerprint density at radius 1 is 1.06 bits per heavy atom. The fourth-order valence-corrected chi connectivity index (χ4v) is 2.30. The van der Waals surface area contributed by atoms with Crippen LogP contribution < -0.4 is 0 Å². The van der Waals surface area contributed by atoms with Crippen LogP contribution in [-0.2, 0) is 6.42 Å². The fourth-order valence-electron chi connectivity index (χ4n) is 1.99. The largest absolute Gasteiger partial charge is 0.0884 e. The van der Waals surface area contributed by atoms with Crippen molar-refractivity contribution in [2.24, 2.45) is 5.92 Å². The highest BCUT2D eigenvalue weighted by atomic mass is 79.9. The third kappa shape index (κ3) is 3.93. The molecule has 1 aromatic rings. The zero-order chi connectivity index (χ0) is 12.1. The molecule has 0 heterocycles. The van der Waals surface area contributed by atoms with E-state index in [9.17, 15) is 0 Å². The molecule has 0 nitrogen and oxygen atoms in total. The first-order chi connectivity index (χ1) is 7.54. The Morgan fingerprint density at radius 2 is 1.62 bits per heavy atom. The minimum atomic E-state index is 0.587. The molecule has 2 unspecified atom stereocenters. The molecule has 0 radical (unpaired) electrons. The molecule has 1 heteroatoms. The van der Waals surface area contributed by atoms with Gasteiger partial charge < -0.3 is 0 Å². The lowest BCUT2D eigenvalue weighted by Gasteiger charge is -2.17. The Balaban J connectivity index is 2.70. The highest BCUT2D eigenvalue weighted by Gasteiger charge is 2.13. The van der Waals surface area contributed by atoms with Crippen molar-refractivity contribution in [1.29, 1.82) is 0 Å². The molecule has 1 rings (SSSR count). The molecule has 0 bridgehead atoms. The summed E-state index contributed by atoms with van der Waals surface area (Å²) < 4.78 is 0. The molecule has 0 spiro atoms. The van der Waals surface area contributed by atoms with Gasteiger partial charge in [-0.3, -0.25) is 0 Å². The smallest absolute Gasteiger partial charge is 0.0209 e. The van der Waals surface area contributed by atoms with Crippen molar-refractivity contribution in [3.8, 4) is 0 Å². The zero-order valence-corrected chi connectivity index (χ0v) is 12.4. The molecule has 90 valence electrons. The third-order valence-electron chi connectivity index (χ3n) is 3.08. The Bertz CT molecular complexity index is 300. The molecule has 0 aromatic heterocycles. The molecular weight excluding hydrogens is 260 g/mol. The van der Waals surface area contributed by atoms with E-state index in [0.717, 1.165) is 5.92 Å². The minimum absolute atomic E-state index is 0.587. The normalized spacial score (nSPS) is 15.1. The Labute approximate surface area is 109 Å². The maximum absolute atomic E-state index is 3.74. The Morgan fingerprint density at radius 3 is 2.06 bits per heavy atom. The van der Waals surface area contributed by atoms with Gasteiger partial charge in [0, 0.05) is 4.83 Å². The third-order valence-corrected chi connectivity index (χ3v) is 4.52. The van der Waals surface area contributed by atoms with Gasteiger partial charge in [0.1, 0.15) is 0 Å². The van der Waals surface area contributed by atoms with Crippen LogP contribution in [0.15, 0.2) is 24.3 Å². The van der Waals surface area contributed by atoms with E-state index in [1.807, 2.05) is 0 Å². The maximum Gasteiger partial charge on any atom is 0.0209 e. The highest BCUT2D eigenvalue weighted by Crippen LogP contribution is 2.27. The summed E-state index contributed by atoms with van der Waals surface area (Å²) in [6.45, 7) is 9.05. The van der Waals surface area contributed by atoms with E-state index in [1.165, 1.54) is 24.0 Å². The van der Waals surface area contributed by atoms with E-state index < -0.39 is 0 Å². The van der Waals surface area contributed by atoms with Crippen LogP contribution in [0.5, 0.6) is 0 Å². The summed E-state index contributed by atoms with van der Waals surface area (Å²) in [5.74, 6) is 1.33. The Hall–Kier alpha value is -0.300. The van der Waals surface area contributed by atoms with Gasteiger partial charge in [-0.1, -0.05) is 67.9 Å². The summed E-state index contributed by atoms with van der Waals surface area (Å²) in [4.78, 5) is 0.587. The molecule has 1 aromatic carbocycles. The average Bonchev–Trinajstić information content (AvgIpc) is 2.27. The van der Waals surface area contributed by atoms with Crippen LogP contribution in [0.1, 0.15) is 51.2 Å². The molecule has 0 aliphatic rings. The quantitative estimate of drug-likeness (QED) is 0.654.